The first-order valence-corrected chi connectivity index (χ1v) is 14.5. The van der Waals surface area contributed by atoms with E-state index >= 15 is 0 Å². The lowest BCUT2D eigenvalue weighted by Crippen LogP contribution is -2.60. The van der Waals surface area contributed by atoms with Crippen molar-refractivity contribution in [2.75, 3.05) is 23.3 Å². The molecule has 2 aliphatic rings. The molecule has 2 aliphatic heterocycles. The average molecular weight is 660 g/mol. The van der Waals surface area contributed by atoms with E-state index in [1.807, 2.05) is 0 Å². The first kappa shape index (κ1) is 32.0. The zero-order chi connectivity index (χ0) is 33.7. The number of hydrogen-bond donors (Lipinski definition) is 3. The summed E-state index contributed by atoms with van der Waals surface area (Å²) in [7, 11) is 0. The predicted octanol–water partition coefficient (Wildman–Crippen LogP) is 5.73. The van der Waals surface area contributed by atoms with Gasteiger partial charge in [0.05, 0.1) is 23.1 Å². The molecule has 0 aliphatic carbocycles. The van der Waals surface area contributed by atoms with Crippen molar-refractivity contribution in [2.45, 2.75) is 48.7 Å². The van der Waals surface area contributed by atoms with E-state index in [0.717, 1.165) is 6.07 Å². The zero-order valence-corrected chi connectivity index (χ0v) is 24.3. The number of carboxylic acid groups (broad SMARTS) is 1. The number of pyridine rings is 1. The second-order valence-electron chi connectivity index (χ2n) is 11.5. The van der Waals surface area contributed by atoms with Gasteiger partial charge in [-0.25, -0.2) is 9.48 Å². The van der Waals surface area contributed by atoms with Crippen molar-refractivity contribution in [1.29, 1.82) is 0 Å². The summed E-state index contributed by atoms with van der Waals surface area (Å²) in [5, 5.41) is 27.7. The van der Waals surface area contributed by atoms with Crippen molar-refractivity contribution >= 4 is 23.4 Å². The van der Waals surface area contributed by atoms with Crippen molar-refractivity contribution in [2.24, 2.45) is 0 Å². The van der Waals surface area contributed by atoms with Crippen LogP contribution in [-0.4, -0.2) is 61.7 Å². The van der Waals surface area contributed by atoms with Gasteiger partial charge in [0.15, 0.2) is 0 Å². The number of amides is 1. The number of anilines is 2. The van der Waals surface area contributed by atoms with Crippen LogP contribution >= 0.6 is 0 Å². The number of aliphatic hydroxyl groups is 1. The molecule has 1 fully saturated rings. The summed E-state index contributed by atoms with van der Waals surface area (Å²) in [6.07, 6.45) is -7.84. The molecule has 2 unspecified atom stereocenters. The Labute approximate surface area is 263 Å². The highest BCUT2D eigenvalue weighted by atomic mass is 19.4. The minimum absolute atomic E-state index is 0.113. The van der Waals surface area contributed by atoms with Crippen LogP contribution < -0.4 is 10.2 Å². The average Bonchev–Trinajstić information content (AvgIpc) is 3.39. The molecule has 246 valence electrons. The van der Waals surface area contributed by atoms with Gasteiger partial charge >= 0.3 is 18.3 Å². The van der Waals surface area contributed by atoms with E-state index in [9.17, 15) is 46.1 Å². The van der Waals surface area contributed by atoms with Crippen molar-refractivity contribution in [3.8, 4) is 0 Å². The Hall–Kier alpha value is -4.92. The molecule has 6 rings (SSSR count). The monoisotopic (exact) mass is 659 g/mol. The van der Waals surface area contributed by atoms with Gasteiger partial charge in [-0.05, 0) is 30.0 Å². The molecule has 1 saturated heterocycles. The number of aliphatic carboxylic acids is 1. The number of piperidine rings is 1. The maximum Gasteiger partial charge on any atom is 0.417 e. The minimum Gasteiger partial charge on any atom is -0.479 e. The number of nitrogens with one attached hydrogen (secondary N) is 1. The highest BCUT2D eigenvalue weighted by Gasteiger charge is 2.67. The molecule has 47 heavy (non-hydrogen) atoms. The van der Waals surface area contributed by atoms with Crippen LogP contribution in [0, 0.1) is 0 Å². The fourth-order valence-electron chi connectivity index (χ4n) is 6.44. The van der Waals surface area contributed by atoms with Gasteiger partial charge < -0.3 is 20.4 Å². The molecule has 2 aromatic carbocycles. The summed E-state index contributed by atoms with van der Waals surface area (Å²) in [5.74, 6) is -8.46. The Kier molecular flexibility index (Phi) is 7.98. The number of fused-ring (bicyclic) bond motifs is 1. The number of rotatable bonds is 6. The van der Waals surface area contributed by atoms with E-state index in [-0.39, 0.29) is 37.3 Å². The normalized spacial score (nSPS) is 20.6. The van der Waals surface area contributed by atoms with Gasteiger partial charge in [0.25, 0.3) is 11.5 Å². The van der Waals surface area contributed by atoms with Gasteiger partial charge in [0.1, 0.15) is 17.8 Å². The molecule has 9 nitrogen and oxygen atoms in total. The first-order chi connectivity index (χ1) is 22.2. The van der Waals surface area contributed by atoms with Gasteiger partial charge in [-0.3, -0.25) is 9.78 Å². The molecular formula is C32H27F6N5O4. The van der Waals surface area contributed by atoms with Crippen molar-refractivity contribution in [3.05, 3.63) is 107 Å². The Balaban J connectivity index is 1.49. The van der Waals surface area contributed by atoms with Crippen LogP contribution in [0.15, 0.2) is 79.1 Å². The van der Waals surface area contributed by atoms with Crippen molar-refractivity contribution in [3.63, 3.8) is 0 Å². The summed E-state index contributed by atoms with van der Waals surface area (Å²) < 4.78 is 85.9. The molecule has 4 aromatic rings. The number of carboxylic acids is 1. The van der Waals surface area contributed by atoms with Crippen molar-refractivity contribution < 1.29 is 46.1 Å². The summed E-state index contributed by atoms with van der Waals surface area (Å²) in [6.45, 7) is 0.227. The van der Waals surface area contributed by atoms with Crippen LogP contribution in [0.3, 0.4) is 0 Å². The summed E-state index contributed by atoms with van der Waals surface area (Å²) in [6, 6.07) is 17.4. The largest absolute Gasteiger partial charge is 0.479 e. The topological polar surface area (TPSA) is 121 Å². The fraction of sp³-hybridized carbons (Fsp3) is 0.312. The van der Waals surface area contributed by atoms with Gasteiger partial charge in [0, 0.05) is 30.8 Å². The van der Waals surface area contributed by atoms with E-state index in [0.29, 0.717) is 17.3 Å². The minimum atomic E-state index is -5.40. The number of hydrogen-bond acceptors (Lipinski definition) is 6. The van der Waals surface area contributed by atoms with E-state index < -0.39 is 64.7 Å². The molecule has 0 saturated carbocycles. The Morgan fingerprint density at radius 3 is 2.02 bits per heavy atom. The molecular weight excluding hydrogens is 632 g/mol. The highest BCUT2D eigenvalue weighted by Crippen LogP contribution is 2.53. The standard InChI is InChI=1S/C32H27F6N5O4/c33-31(34,35)21-15-22(17-39-16-21)42-13-11-18(12-14-42)24-23-26(32(36,37)38)30(47,29(45)46)28(44)40-27(23)43(41-24)25(19-7-3-1-4-8-19)20-9-5-2-6-10-20/h1-10,15-18,25-26,47H,11-14H2,(H,40,44)(H,45,46). The lowest BCUT2D eigenvalue weighted by atomic mass is 9.75. The quantitative estimate of drug-likeness (QED) is 0.179. The van der Waals surface area contributed by atoms with Crippen LogP contribution in [0.1, 0.15) is 58.7 Å². The van der Waals surface area contributed by atoms with Gasteiger partial charge in [-0.15, -0.1) is 0 Å². The third kappa shape index (κ3) is 5.68. The number of benzene rings is 2. The number of carbonyl (C=O) groups is 2. The van der Waals surface area contributed by atoms with Crippen LogP contribution in [0.2, 0.25) is 0 Å². The summed E-state index contributed by atoms with van der Waals surface area (Å²) >= 11 is 0. The molecule has 15 heteroatoms. The van der Waals surface area contributed by atoms with Crippen molar-refractivity contribution in [1.82, 2.24) is 14.8 Å². The third-order valence-electron chi connectivity index (χ3n) is 8.69. The second-order valence-corrected chi connectivity index (χ2v) is 11.5. The Morgan fingerprint density at radius 2 is 1.51 bits per heavy atom. The molecule has 4 heterocycles. The molecule has 3 N–H and O–H groups in total. The van der Waals surface area contributed by atoms with Gasteiger partial charge in [0.2, 0.25) is 0 Å². The molecule has 0 spiro atoms. The van der Waals surface area contributed by atoms with Crippen LogP contribution in [0.25, 0.3) is 0 Å². The number of alkyl halides is 6. The van der Waals surface area contributed by atoms with Crippen LogP contribution in [0.5, 0.6) is 0 Å². The maximum absolute atomic E-state index is 14.9. The van der Waals surface area contributed by atoms with Crippen LogP contribution in [-0.2, 0) is 15.8 Å². The first-order valence-electron chi connectivity index (χ1n) is 14.5. The summed E-state index contributed by atoms with van der Waals surface area (Å²) in [5.41, 5.74) is -4.31. The molecule has 0 radical (unpaired) electrons. The Bertz CT molecular complexity index is 1750. The molecule has 1 amide bonds. The molecule has 2 atom stereocenters. The van der Waals surface area contributed by atoms with Gasteiger partial charge in [-0.1, -0.05) is 60.7 Å². The Morgan fingerprint density at radius 1 is 0.936 bits per heavy atom. The van der Waals surface area contributed by atoms with Crippen LogP contribution in [0.4, 0.5) is 37.8 Å². The van der Waals surface area contributed by atoms with E-state index in [2.05, 4.69) is 15.4 Å². The van der Waals surface area contributed by atoms with E-state index in [1.54, 1.807) is 65.6 Å². The lowest BCUT2D eigenvalue weighted by Gasteiger charge is -2.38. The lowest BCUT2D eigenvalue weighted by molar-refractivity contribution is -0.209. The SMILES string of the molecule is O=C(O)C1(O)C(=O)Nc2c(c(C3CCN(c4cncc(C(F)(F)F)c4)CC3)nn2C(c2ccccc2)c2ccccc2)C1C(F)(F)F. The third-order valence-corrected chi connectivity index (χ3v) is 8.69. The maximum atomic E-state index is 14.9. The number of carbonyl (C=O) groups excluding carboxylic acids is 1. The van der Waals surface area contributed by atoms with E-state index in [4.69, 9.17) is 0 Å². The predicted molar refractivity (Wildman–Crippen MR) is 156 cm³/mol. The fourth-order valence-corrected chi connectivity index (χ4v) is 6.44. The van der Waals surface area contributed by atoms with Gasteiger partial charge in [-0.2, -0.15) is 31.4 Å². The second kappa shape index (κ2) is 11.7. The van der Waals surface area contributed by atoms with E-state index in [1.165, 1.54) is 10.9 Å². The molecule has 0 bridgehead atoms. The number of nitrogens with zero attached hydrogens (tertiary/aromatic N) is 4. The number of halogens is 6. The number of aromatic nitrogens is 3. The molecule has 2 aromatic heterocycles. The smallest absolute Gasteiger partial charge is 0.417 e. The highest BCUT2D eigenvalue weighted by molar-refractivity contribution is 6.14. The summed E-state index contributed by atoms with van der Waals surface area (Å²) in [4.78, 5) is 30.6. The zero-order valence-electron chi connectivity index (χ0n) is 24.3.